The van der Waals surface area contributed by atoms with Gasteiger partial charge in [0.15, 0.2) is 0 Å². The summed E-state index contributed by atoms with van der Waals surface area (Å²) in [5.74, 6) is 0. The Morgan fingerprint density at radius 2 is 2.50 bits per heavy atom. The molecule has 0 aliphatic rings. The van der Waals surface area contributed by atoms with E-state index in [1.54, 1.807) is 6.08 Å². The summed E-state index contributed by atoms with van der Waals surface area (Å²) in [7, 11) is 0. The first kappa shape index (κ1) is 6.18. The predicted octanol–water partition coefficient (Wildman–Crippen LogP) is 1.82. The van der Waals surface area contributed by atoms with Crippen LogP contribution >= 0.6 is 24.8 Å². The second kappa shape index (κ2) is 3.37. The average Bonchev–Trinajstić information content (AvgIpc) is 1.35. The van der Waals surface area contributed by atoms with E-state index < -0.39 is 0 Å². The Balaban J connectivity index is 3.05. The molecule has 0 radical (unpaired) electrons. The fraction of sp³-hybridized carbons (Fsp3) is 0.250. The first-order valence-corrected chi connectivity index (χ1v) is 2.45. The van der Waals surface area contributed by atoms with Crippen LogP contribution in [0.4, 0.5) is 0 Å². The highest BCUT2D eigenvalue weighted by molar-refractivity contribution is 8.11. The molecule has 6 heavy (non-hydrogen) atoms. The topological polar surface area (TPSA) is 0 Å². The molecule has 34 valence electrons. The van der Waals surface area contributed by atoms with Crippen molar-refractivity contribution in [2.24, 2.45) is 0 Å². The first-order chi connectivity index (χ1) is 2.77. The van der Waals surface area contributed by atoms with Gasteiger partial charge in [0.2, 0.25) is 0 Å². The quantitative estimate of drug-likeness (QED) is 0.328. The van der Waals surface area contributed by atoms with Gasteiger partial charge in [-0.1, -0.05) is 18.3 Å². The highest BCUT2D eigenvalue weighted by atomic mass is 32.1. The molecule has 0 aromatic heterocycles. The molecule has 0 spiro atoms. The van der Waals surface area contributed by atoms with Crippen molar-refractivity contribution in [2.75, 3.05) is 0 Å². The maximum Gasteiger partial charge on any atom is 0.0485 e. The van der Waals surface area contributed by atoms with Crippen molar-refractivity contribution >= 4 is 29.0 Å². The van der Waals surface area contributed by atoms with Crippen LogP contribution in [0.1, 0.15) is 6.42 Å². The Kier molecular flexibility index (Phi) is 3.47. The summed E-state index contributed by atoms with van der Waals surface area (Å²) in [6, 6.07) is 0. The molecule has 0 nitrogen and oxygen atoms in total. The monoisotopic (exact) mass is 118 g/mol. The van der Waals surface area contributed by atoms with Crippen molar-refractivity contribution < 1.29 is 0 Å². The summed E-state index contributed by atoms with van der Waals surface area (Å²) < 4.78 is 0.699. The predicted molar refractivity (Wildman–Crippen MR) is 36.4 cm³/mol. The first-order valence-electron chi connectivity index (χ1n) is 1.60. The molecule has 0 rings (SSSR count). The van der Waals surface area contributed by atoms with Crippen LogP contribution in [0.25, 0.3) is 0 Å². The fourth-order valence-electron chi connectivity index (χ4n) is 0.123. The van der Waals surface area contributed by atoms with Gasteiger partial charge in [-0.15, -0.1) is 19.2 Å². The Morgan fingerprint density at radius 1 is 2.00 bits per heavy atom. The van der Waals surface area contributed by atoms with Crippen molar-refractivity contribution in [2.45, 2.75) is 6.42 Å². The van der Waals surface area contributed by atoms with E-state index in [1.165, 1.54) is 0 Å². The van der Waals surface area contributed by atoms with Crippen LogP contribution in [0, 0.1) is 0 Å². The van der Waals surface area contributed by atoms with Crippen molar-refractivity contribution in [3.63, 3.8) is 0 Å². The molecule has 0 amide bonds. The lowest BCUT2D eigenvalue weighted by Gasteiger charge is -1.78. The number of hydrogen-bond acceptors (Lipinski definition) is 1. The summed E-state index contributed by atoms with van der Waals surface area (Å²) in [4.78, 5) is 0. The minimum atomic E-state index is 0.699. The smallest absolute Gasteiger partial charge is 0.0485 e. The summed E-state index contributed by atoms with van der Waals surface area (Å²) in [5.41, 5.74) is 0. The number of allylic oxidation sites excluding steroid dienone is 1. The lowest BCUT2D eigenvalue weighted by atomic mass is 10.5. The van der Waals surface area contributed by atoms with Crippen LogP contribution in [0.15, 0.2) is 12.7 Å². The van der Waals surface area contributed by atoms with Crippen LogP contribution in [0.5, 0.6) is 0 Å². The molecule has 0 heterocycles. The molecule has 0 unspecified atom stereocenters. The third kappa shape index (κ3) is 4.18. The van der Waals surface area contributed by atoms with Gasteiger partial charge in [0.25, 0.3) is 0 Å². The number of thiol groups is 1. The van der Waals surface area contributed by atoms with E-state index in [0.29, 0.717) is 4.20 Å². The van der Waals surface area contributed by atoms with Gasteiger partial charge in [0, 0.05) is 10.6 Å². The Morgan fingerprint density at radius 3 is 2.50 bits per heavy atom. The third-order valence-corrected chi connectivity index (χ3v) is 0.668. The number of thiocarbonyl (C=S) groups is 1. The van der Waals surface area contributed by atoms with E-state index >= 15 is 0 Å². The minimum absolute atomic E-state index is 0.699. The number of rotatable bonds is 2. The molecular weight excluding hydrogens is 112 g/mol. The number of hydrogen-bond donors (Lipinski definition) is 1. The molecule has 0 aromatic rings. The lowest BCUT2D eigenvalue weighted by Crippen LogP contribution is -1.72. The van der Waals surface area contributed by atoms with Gasteiger partial charge in [-0.25, -0.2) is 0 Å². The average molecular weight is 118 g/mol. The molecule has 0 fully saturated rings. The van der Waals surface area contributed by atoms with Crippen LogP contribution < -0.4 is 0 Å². The SMILES string of the molecule is C=CCC(=S)S. The Bertz CT molecular complexity index is 65.9. The van der Waals surface area contributed by atoms with Gasteiger partial charge >= 0.3 is 0 Å². The Labute approximate surface area is 48.7 Å². The largest absolute Gasteiger partial charge is 0.136 e. The van der Waals surface area contributed by atoms with Gasteiger partial charge in [-0.3, -0.25) is 0 Å². The van der Waals surface area contributed by atoms with Gasteiger partial charge in [0.05, 0.1) is 0 Å². The van der Waals surface area contributed by atoms with E-state index in [-0.39, 0.29) is 0 Å². The maximum atomic E-state index is 4.59. The van der Waals surface area contributed by atoms with E-state index in [2.05, 4.69) is 31.4 Å². The second-order valence-corrected chi connectivity index (χ2v) is 2.22. The Hall–Kier alpha value is 0.180. The zero-order chi connectivity index (χ0) is 4.99. The molecule has 0 atom stereocenters. The van der Waals surface area contributed by atoms with Gasteiger partial charge < -0.3 is 0 Å². The normalized spacial score (nSPS) is 7.50. The fourth-order valence-corrected chi connectivity index (χ4v) is 0.370. The molecule has 0 N–H and O–H groups in total. The van der Waals surface area contributed by atoms with E-state index in [1.807, 2.05) is 0 Å². The van der Waals surface area contributed by atoms with Gasteiger partial charge in [-0.2, -0.15) is 0 Å². The van der Waals surface area contributed by atoms with E-state index in [9.17, 15) is 0 Å². The third-order valence-electron chi connectivity index (χ3n) is 0.319. The summed E-state index contributed by atoms with van der Waals surface area (Å²) in [6.45, 7) is 3.46. The van der Waals surface area contributed by atoms with Crippen molar-refractivity contribution in [3.8, 4) is 0 Å². The molecule has 0 bridgehead atoms. The van der Waals surface area contributed by atoms with E-state index in [0.717, 1.165) is 6.42 Å². The molecule has 0 saturated heterocycles. The van der Waals surface area contributed by atoms with Gasteiger partial charge in [-0.05, 0) is 0 Å². The molecule has 0 aliphatic carbocycles. The standard InChI is InChI=1S/C4H6S2/c1-2-3-4(5)6/h2H,1,3H2,(H,5,6). The highest BCUT2D eigenvalue weighted by Gasteiger charge is 1.75. The van der Waals surface area contributed by atoms with Crippen LogP contribution in [-0.4, -0.2) is 4.20 Å². The zero-order valence-corrected chi connectivity index (χ0v) is 5.06. The van der Waals surface area contributed by atoms with Crippen LogP contribution in [-0.2, 0) is 0 Å². The highest BCUT2D eigenvalue weighted by Crippen LogP contribution is 1.89. The molecule has 0 saturated carbocycles. The van der Waals surface area contributed by atoms with Crippen LogP contribution in [0.3, 0.4) is 0 Å². The lowest BCUT2D eigenvalue weighted by molar-refractivity contribution is 1.59. The second-order valence-electron chi connectivity index (χ2n) is 0.887. The van der Waals surface area contributed by atoms with E-state index in [4.69, 9.17) is 0 Å². The molecular formula is C4H6S2. The van der Waals surface area contributed by atoms with Gasteiger partial charge in [0.1, 0.15) is 0 Å². The van der Waals surface area contributed by atoms with Crippen molar-refractivity contribution in [1.82, 2.24) is 0 Å². The molecule has 2 heteroatoms. The molecule has 0 aliphatic heterocycles. The van der Waals surface area contributed by atoms with Crippen molar-refractivity contribution in [1.29, 1.82) is 0 Å². The summed E-state index contributed by atoms with van der Waals surface area (Å²) in [5, 5.41) is 0. The van der Waals surface area contributed by atoms with Crippen molar-refractivity contribution in [3.05, 3.63) is 12.7 Å². The summed E-state index contributed by atoms with van der Waals surface area (Å²) in [6.07, 6.45) is 2.47. The zero-order valence-electron chi connectivity index (χ0n) is 3.35. The molecule has 0 aromatic carbocycles. The summed E-state index contributed by atoms with van der Waals surface area (Å²) >= 11 is 8.43. The van der Waals surface area contributed by atoms with Crippen LogP contribution in [0.2, 0.25) is 0 Å². The maximum absolute atomic E-state index is 4.59. The minimum Gasteiger partial charge on any atom is -0.136 e.